The highest BCUT2D eigenvalue weighted by molar-refractivity contribution is 6.25. The molecule has 1 aromatic heterocycles. The smallest absolute Gasteiger partial charge is 0.136 e. The Kier molecular flexibility index (Phi) is 4.25. The first kappa shape index (κ1) is 18.8. The van der Waals surface area contributed by atoms with Crippen LogP contribution < -0.4 is 0 Å². The second-order valence-corrected chi connectivity index (χ2v) is 11.9. The molecule has 0 N–H and O–H groups in total. The molecule has 9 aromatic carbocycles. The predicted octanol–water partition coefficient (Wildman–Crippen LogP) is 13.7. The van der Waals surface area contributed by atoms with Gasteiger partial charge in [-0.15, -0.1) is 0 Å². The average molecular weight is 634 g/mol. The number of rotatable bonds is 4. The summed E-state index contributed by atoms with van der Waals surface area (Å²) in [4.78, 5) is 0. The average Bonchev–Trinajstić information content (AvgIpc) is 3.65. The Morgan fingerprint density at radius 3 is 1.76 bits per heavy atom. The Balaban J connectivity index is 1.27. The van der Waals surface area contributed by atoms with Gasteiger partial charge in [-0.2, -0.15) is 0 Å². The van der Waals surface area contributed by atoms with E-state index in [2.05, 4.69) is 24.3 Å². The number of hydrogen-bond donors (Lipinski definition) is 0. The summed E-state index contributed by atoms with van der Waals surface area (Å²) in [5.74, 6) is 0. The van der Waals surface area contributed by atoms with Gasteiger partial charge in [0.1, 0.15) is 11.2 Å². The molecule has 0 unspecified atom stereocenters. The van der Waals surface area contributed by atoms with Crippen LogP contribution in [0.2, 0.25) is 0 Å². The minimum atomic E-state index is -0.636. The van der Waals surface area contributed by atoms with Gasteiger partial charge in [-0.05, 0) is 101 Å². The van der Waals surface area contributed by atoms with Crippen molar-refractivity contribution in [1.29, 1.82) is 0 Å². The lowest BCUT2D eigenvalue weighted by atomic mass is 9.84. The quantitative estimate of drug-likeness (QED) is 0.176. The molecule has 0 aliphatic carbocycles. The molecule has 0 saturated heterocycles. The number of benzene rings is 9. The van der Waals surface area contributed by atoms with Crippen molar-refractivity contribution in [2.75, 3.05) is 0 Å². The zero-order chi connectivity index (χ0) is 41.9. The molecule has 228 valence electrons. The minimum absolute atomic E-state index is 0.0130. The summed E-state index contributed by atoms with van der Waals surface area (Å²) >= 11 is 0. The SMILES string of the molecule is [2H]c1c([2H])c(-c2c3ccccc3c(-c3cccc4oc5ccc(-c6ccccc6)cc5c34)c3ccccc23)c([2H])c([2H])c1-c1c([2H])c([2H])c2c([2H])c([2H])c([2H])c([2H])c2c1[2H]. The van der Waals surface area contributed by atoms with E-state index < -0.39 is 77.6 Å². The summed E-state index contributed by atoms with van der Waals surface area (Å²) in [6.45, 7) is 0. The molecular weight excluding hydrogens is 593 g/mol. The van der Waals surface area contributed by atoms with Gasteiger partial charge in [0.05, 0.1) is 15.1 Å². The van der Waals surface area contributed by atoms with Gasteiger partial charge in [0.2, 0.25) is 0 Å². The molecule has 0 aliphatic rings. The first-order chi connectivity index (χ1) is 28.9. The third kappa shape index (κ3) is 4.47. The van der Waals surface area contributed by atoms with Crippen molar-refractivity contribution in [2.24, 2.45) is 0 Å². The van der Waals surface area contributed by atoms with E-state index in [1.165, 1.54) is 0 Å². The van der Waals surface area contributed by atoms with Crippen molar-refractivity contribution < 1.29 is 19.5 Å². The molecule has 49 heavy (non-hydrogen) atoms. The van der Waals surface area contributed by atoms with E-state index in [-0.39, 0.29) is 16.3 Å². The van der Waals surface area contributed by atoms with Crippen LogP contribution in [0.5, 0.6) is 0 Å². The van der Waals surface area contributed by atoms with Crippen molar-refractivity contribution in [2.45, 2.75) is 0 Å². The topological polar surface area (TPSA) is 13.1 Å². The van der Waals surface area contributed by atoms with Crippen LogP contribution in [0, 0.1) is 0 Å². The van der Waals surface area contributed by atoms with E-state index in [0.29, 0.717) is 21.9 Å². The van der Waals surface area contributed by atoms with E-state index >= 15 is 0 Å². The third-order valence-electron chi connectivity index (χ3n) is 9.18. The van der Waals surface area contributed by atoms with Crippen molar-refractivity contribution in [3.8, 4) is 44.5 Å². The second-order valence-electron chi connectivity index (χ2n) is 11.9. The van der Waals surface area contributed by atoms with Gasteiger partial charge in [0, 0.05) is 10.8 Å². The lowest BCUT2D eigenvalue weighted by Gasteiger charge is -2.18. The molecule has 10 rings (SSSR count). The molecular formula is C48H30O. The summed E-state index contributed by atoms with van der Waals surface area (Å²) in [5.41, 5.74) is 5.04. The van der Waals surface area contributed by atoms with E-state index in [0.717, 1.165) is 49.4 Å². The zero-order valence-corrected chi connectivity index (χ0v) is 25.9. The maximum absolute atomic E-state index is 9.50. The molecule has 0 bridgehead atoms. The summed E-state index contributed by atoms with van der Waals surface area (Å²) in [5, 5.41) is 4.17. The monoisotopic (exact) mass is 633 g/mol. The molecule has 0 saturated carbocycles. The van der Waals surface area contributed by atoms with E-state index in [1.807, 2.05) is 91.0 Å². The number of hydrogen-bond acceptors (Lipinski definition) is 1. The maximum Gasteiger partial charge on any atom is 0.136 e. The van der Waals surface area contributed by atoms with Crippen LogP contribution in [0.1, 0.15) is 15.1 Å². The number of furan rings is 1. The molecule has 0 radical (unpaired) electrons. The minimum Gasteiger partial charge on any atom is -0.456 e. The highest BCUT2D eigenvalue weighted by Gasteiger charge is 2.20. The summed E-state index contributed by atoms with van der Waals surface area (Å²) < 4.78 is 104. The van der Waals surface area contributed by atoms with Gasteiger partial charge in [0.25, 0.3) is 0 Å². The van der Waals surface area contributed by atoms with Crippen LogP contribution in [0.25, 0.3) is 98.8 Å². The largest absolute Gasteiger partial charge is 0.456 e. The fraction of sp³-hybridized carbons (Fsp3) is 0. The fourth-order valence-electron chi connectivity index (χ4n) is 7.00. The molecule has 0 fully saturated rings. The molecule has 1 heteroatoms. The van der Waals surface area contributed by atoms with Gasteiger partial charge in [-0.3, -0.25) is 0 Å². The third-order valence-corrected chi connectivity index (χ3v) is 9.18. The maximum atomic E-state index is 9.50. The van der Waals surface area contributed by atoms with Crippen molar-refractivity contribution in [1.82, 2.24) is 0 Å². The zero-order valence-electron chi connectivity index (χ0n) is 36.9. The van der Waals surface area contributed by atoms with Crippen LogP contribution in [-0.2, 0) is 0 Å². The molecule has 1 nitrogen and oxygen atoms in total. The summed E-state index contributed by atoms with van der Waals surface area (Å²) in [6, 6.07) is 31.4. The van der Waals surface area contributed by atoms with E-state index in [4.69, 9.17) is 14.0 Å². The second kappa shape index (κ2) is 11.1. The van der Waals surface area contributed by atoms with Crippen LogP contribution >= 0.6 is 0 Å². The van der Waals surface area contributed by atoms with Crippen molar-refractivity contribution in [3.63, 3.8) is 0 Å². The van der Waals surface area contributed by atoms with Crippen LogP contribution in [0.3, 0.4) is 0 Å². The van der Waals surface area contributed by atoms with Gasteiger partial charge in [-0.1, -0.05) is 157 Å². The molecule has 1 heterocycles. The predicted molar refractivity (Wildman–Crippen MR) is 208 cm³/mol. The Labute approximate surface area is 299 Å². The Hall–Kier alpha value is -6.44. The van der Waals surface area contributed by atoms with Crippen LogP contribution in [0.15, 0.2) is 186 Å². The Morgan fingerprint density at radius 1 is 0.388 bits per heavy atom. The number of fused-ring (bicyclic) bond motifs is 6. The fourth-order valence-corrected chi connectivity index (χ4v) is 7.00. The van der Waals surface area contributed by atoms with Gasteiger partial charge < -0.3 is 4.42 Å². The van der Waals surface area contributed by atoms with Crippen LogP contribution in [-0.4, -0.2) is 0 Å². The molecule has 0 amide bonds. The Morgan fingerprint density at radius 2 is 1.02 bits per heavy atom. The summed E-state index contributed by atoms with van der Waals surface area (Å²) in [6.07, 6.45) is 0. The lowest BCUT2D eigenvalue weighted by Crippen LogP contribution is -1.91. The van der Waals surface area contributed by atoms with E-state index in [1.54, 1.807) is 0 Å². The highest BCUT2D eigenvalue weighted by atomic mass is 16.3. The molecule has 0 aliphatic heterocycles. The molecule has 0 spiro atoms. The highest BCUT2D eigenvalue weighted by Crippen LogP contribution is 2.47. The van der Waals surface area contributed by atoms with Gasteiger partial charge >= 0.3 is 0 Å². The van der Waals surface area contributed by atoms with Gasteiger partial charge in [-0.25, -0.2) is 0 Å². The molecule has 0 atom stereocenters. The van der Waals surface area contributed by atoms with Crippen LogP contribution in [0.4, 0.5) is 0 Å². The van der Waals surface area contributed by atoms with Crippen molar-refractivity contribution in [3.05, 3.63) is 182 Å². The van der Waals surface area contributed by atoms with Gasteiger partial charge in [0.15, 0.2) is 0 Å². The Bertz CT molecular complexity index is 3420. The molecule has 10 aromatic rings. The summed E-state index contributed by atoms with van der Waals surface area (Å²) in [7, 11) is 0. The lowest BCUT2D eigenvalue weighted by molar-refractivity contribution is 0.669. The first-order valence-electron chi connectivity index (χ1n) is 21.5. The van der Waals surface area contributed by atoms with E-state index in [9.17, 15) is 5.48 Å². The van der Waals surface area contributed by atoms with Crippen molar-refractivity contribution >= 4 is 54.3 Å². The first-order valence-corrected chi connectivity index (χ1v) is 16.0. The normalized spacial score (nSPS) is 14.8. The standard InChI is InChI=1S/C48H30O/c1-2-11-31(12-3-1)37-27-28-44-43(30-37)48-42(19-10-20-45(48)49-44)47-40-17-8-6-15-38(40)46(39-16-7-9-18-41(39)47)34-24-21-33(22-25-34)36-26-23-32-13-4-5-14-35(32)29-36/h1-30H/i4D,5D,13D,14D,21D,22D,23D,24D,25D,26D,29D.